The van der Waals surface area contributed by atoms with Crippen molar-refractivity contribution in [2.75, 3.05) is 6.54 Å². The monoisotopic (exact) mass is 752 g/mol. The van der Waals surface area contributed by atoms with Crippen LogP contribution in [0.15, 0.2) is 60.9 Å². The highest BCUT2D eigenvalue weighted by Crippen LogP contribution is 2.37. The highest BCUT2D eigenvalue weighted by molar-refractivity contribution is 7.80. The largest absolute Gasteiger partial charge is 0.370 e. The van der Waals surface area contributed by atoms with Gasteiger partial charge in [-0.25, -0.2) is 8.78 Å². The van der Waals surface area contributed by atoms with Gasteiger partial charge in [0.05, 0.1) is 22.1 Å². The number of amides is 3. The Morgan fingerprint density at radius 1 is 1.04 bits per heavy atom. The van der Waals surface area contributed by atoms with Crippen molar-refractivity contribution in [1.82, 2.24) is 31.2 Å². The van der Waals surface area contributed by atoms with Crippen LogP contribution in [0.4, 0.5) is 8.78 Å². The first kappa shape index (κ1) is 40.4. The first-order chi connectivity index (χ1) is 24.9. The molecule has 0 radical (unpaired) electrons. The Bertz CT molecular complexity index is 1870. The molecule has 3 atom stereocenters. The van der Waals surface area contributed by atoms with E-state index >= 15 is 0 Å². The molecule has 2 aromatic heterocycles. The smallest absolute Gasteiger partial charge is 0.246 e. The number of benzene rings is 2. The Morgan fingerprint density at radius 2 is 1.75 bits per heavy atom. The third-order valence-corrected chi connectivity index (χ3v) is 9.95. The van der Waals surface area contributed by atoms with Gasteiger partial charge in [0, 0.05) is 42.9 Å². The molecule has 0 aliphatic heterocycles. The summed E-state index contributed by atoms with van der Waals surface area (Å²) in [5, 5.41) is 12.3. The van der Waals surface area contributed by atoms with Crippen LogP contribution in [0.2, 0.25) is 5.02 Å². The van der Waals surface area contributed by atoms with Crippen molar-refractivity contribution in [3.63, 3.8) is 0 Å². The number of aromatic amines is 1. The van der Waals surface area contributed by atoms with Crippen LogP contribution < -0.4 is 21.3 Å². The summed E-state index contributed by atoms with van der Waals surface area (Å²) in [6, 6.07) is 11.5. The number of rotatable bonds is 13. The van der Waals surface area contributed by atoms with Crippen LogP contribution >= 0.6 is 23.8 Å². The summed E-state index contributed by atoms with van der Waals surface area (Å²) in [7, 11) is 0. The van der Waals surface area contributed by atoms with Gasteiger partial charge in [0.15, 0.2) is 0 Å². The summed E-state index contributed by atoms with van der Waals surface area (Å²) in [5.41, 5.74) is 1.71. The van der Waals surface area contributed by atoms with Crippen molar-refractivity contribution in [3.8, 4) is 0 Å². The Labute approximate surface area is 314 Å². The maximum absolute atomic E-state index is 14.5. The van der Waals surface area contributed by atoms with Gasteiger partial charge < -0.3 is 26.3 Å². The fourth-order valence-corrected chi connectivity index (χ4v) is 6.46. The predicted molar refractivity (Wildman–Crippen MR) is 205 cm³/mol. The van der Waals surface area contributed by atoms with E-state index in [0.717, 1.165) is 11.3 Å². The van der Waals surface area contributed by atoms with Crippen molar-refractivity contribution in [2.45, 2.75) is 90.8 Å². The SMILES string of the molecule is CCC(C)[C@H](NC(=O)[C@@]1(NC(=O)CNC(=S)Cc2ccccc2F)CCc2[nH]c3c(Cl)cc(F)cc3c2C1)C(=O)NCc1ccncc1.CCCC. The second-order valence-corrected chi connectivity index (χ2v) is 14.1. The van der Waals surface area contributed by atoms with E-state index in [1.807, 2.05) is 13.8 Å². The number of carbonyl (C=O) groups is 3. The summed E-state index contributed by atoms with van der Waals surface area (Å²) in [5.74, 6) is -2.62. The van der Waals surface area contributed by atoms with E-state index in [2.05, 4.69) is 45.1 Å². The number of pyridine rings is 1. The predicted octanol–water partition coefficient (Wildman–Crippen LogP) is 6.65. The minimum Gasteiger partial charge on any atom is -0.370 e. The molecular weight excluding hydrogens is 706 g/mol. The van der Waals surface area contributed by atoms with Gasteiger partial charge in [-0.2, -0.15) is 0 Å². The molecule has 4 aromatic rings. The molecule has 1 unspecified atom stereocenters. The molecule has 0 fully saturated rings. The van der Waals surface area contributed by atoms with E-state index in [0.29, 0.717) is 34.9 Å². The van der Waals surface area contributed by atoms with Crippen LogP contribution in [0.5, 0.6) is 0 Å². The summed E-state index contributed by atoms with van der Waals surface area (Å²) in [6.07, 6.45) is 7.14. The molecule has 1 aliphatic rings. The topological polar surface area (TPSA) is 128 Å². The number of fused-ring (bicyclic) bond motifs is 3. The van der Waals surface area contributed by atoms with Gasteiger partial charge in [0.2, 0.25) is 17.7 Å². The molecule has 0 saturated carbocycles. The van der Waals surface area contributed by atoms with Gasteiger partial charge in [0.25, 0.3) is 0 Å². The Balaban J connectivity index is 0.00000144. The summed E-state index contributed by atoms with van der Waals surface area (Å²) < 4.78 is 28.7. The zero-order valence-electron chi connectivity index (χ0n) is 30.0. The van der Waals surface area contributed by atoms with Crippen LogP contribution in [0.3, 0.4) is 0 Å². The molecular formula is C39H47ClF2N6O3S. The number of unbranched alkanes of at least 4 members (excludes halogenated alkanes) is 1. The maximum Gasteiger partial charge on any atom is 0.246 e. The first-order valence-electron chi connectivity index (χ1n) is 17.7. The minimum absolute atomic E-state index is 0.0191. The van der Waals surface area contributed by atoms with E-state index < -0.39 is 35.0 Å². The molecule has 3 amide bonds. The maximum atomic E-state index is 14.5. The van der Waals surface area contributed by atoms with Crippen LogP contribution in [-0.4, -0.2) is 50.8 Å². The number of carbonyl (C=O) groups excluding carboxylic acids is 3. The van der Waals surface area contributed by atoms with Crippen LogP contribution in [-0.2, 0) is 40.2 Å². The van der Waals surface area contributed by atoms with Gasteiger partial charge in [-0.3, -0.25) is 19.4 Å². The van der Waals surface area contributed by atoms with Crippen molar-refractivity contribution in [1.29, 1.82) is 0 Å². The molecule has 9 nitrogen and oxygen atoms in total. The summed E-state index contributed by atoms with van der Waals surface area (Å²) in [6.45, 7) is 8.12. The number of nitrogens with one attached hydrogen (secondary N) is 5. The third-order valence-electron chi connectivity index (χ3n) is 9.37. The van der Waals surface area contributed by atoms with Crippen LogP contribution in [0.1, 0.15) is 75.8 Å². The number of hydrogen-bond acceptors (Lipinski definition) is 5. The van der Waals surface area contributed by atoms with E-state index in [4.69, 9.17) is 23.8 Å². The van der Waals surface area contributed by atoms with Crippen molar-refractivity contribution >= 4 is 57.4 Å². The lowest BCUT2D eigenvalue weighted by atomic mass is 9.78. The normalized spacial score (nSPS) is 16.1. The molecule has 0 spiro atoms. The average molecular weight is 753 g/mol. The van der Waals surface area contributed by atoms with Gasteiger partial charge in [-0.05, 0) is 65.8 Å². The van der Waals surface area contributed by atoms with E-state index in [1.165, 1.54) is 31.0 Å². The molecule has 2 aromatic carbocycles. The number of aromatic nitrogens is 2. The Hall–Kier alpha value is -4.42. The fraction of sp³-hybridized carbons (Fsp3) is 0.410. The van der Waals surface area contributed by atoms with E-state index in [9.17, 15) is 23.2 Å². The second-order valence-electron chi connectivity index (χ2n) is 13.2. The van der Waals surface area contributed by atoms with Gasteiger partial charge in [0.1, 0.15) is 23.2 Å². The summed E-state index contributed by atoms with van der Waals surface area (Å²) >= 11 is 11.7. The van der Waals surface area contributed by atoms with Crippen molar-refractivity contribution < 1.29 is 23.2 Å². The molecule has 13 heteroatoms. The zero-order valence-corrected chi connectivity index (χ0v) is 31.6. The van der Waals surface area contributed by atoms with Crippen molar-refractivity contribution in [2.24, 2.45) is 5.92 Å². The van der Waals surface area contributed by atoms with Crippen LogP contribution in [0, 0.1) is 17.6 Å². The van der Waals surface area contributed by atoms with Gasteiger partial charge >= 0.3 is 0 Å². The third kappa shape index (κ3) is 10.3. The zero-order chi connectivity index (χ0) is 37.8. The molecule has 0 bridgehead atoms. The minimum atomic E-state index is -1.50. The quantitative estimate of drug-likeness (QED) is 0.0974. The number of halogens is 3. The van der Waals surface area contributed by atoms with Gasteiger partial charge in [-0.1, -0.05) is 89.0 Å². The van der Waals surface area contributed by atoms with E-state index in [-0.39, 0.29) is 54.2 Å². The molecule has 52 heavy (non-hydrogen) atoms. The molecule has 2 heterocycles. The first-order valence-corrected chi connectivity index (χ1v) is 18.5. The lowest BCUT2D eigenvalue weighted by Crippen LogP contribution is -2.65. The molecule has 278 valence electrons. The second kappa shape index (κ2) is 18.9. The van der Waals surface area contributed by atoms with Gasteiger partial charge in [-0.15, -0.1) is 0 Å². The lowest BCUT2D eigenvalue weighted by molar-refractivity contribution is -0.137. The number of H-pyrrole nitrogens is 1. The Kier molecular flexibility index (Phi) is 14.7. The lowest BCUT2D eigenvalue weighted by Gasteiger charge is -2.38. The summed E-state index contributed by atoms with van der Waals surface area (Å²) in [4.78, 5) is 48.8. The average Bonchev–Trinajstić information content (AvgIpc) is 3.50. The molecule has 1 aliphatic carbocycles. The highest BCUT2D eigenvalue weighted by Gasteiger charge is 2.45. The molecule has 5 N–H and O–H groups in total. The standard InChI is InChI=1S/C35H37ClF2N6O3S.C4H10/c1-3-20(2)31(33(46)41-18-21-9-12-39-13-10-21)43-34(47)35(44-29(45)19-40-30(48)14-22-6-4-5-7-27(22)38)11-8-28-25(17-35)24-15-23(37)16-26(36)32(24)42-28;1-3-4-2/h4-7,9-10,12-13,15-16,20,31,42H,3,8,11,14,17-19H2,1-2H3,(H,40,48)(H,41,46)(H,43,47)(H,44,45);3-4H2,1-2H3/t20?,31-,35+;/m0./s1. The highest BCUT2D eigenvalue weighted by atomic mass is 35.5. The number of nitrogens with zero attached hydrogens (tertiary/aromatic N) is 1. The number of hydrogen-bond donors (Lipinski definition) is 5. The molecule has 0 saturated heterocycles. The van der Waals surface area contributed by atoms with E-state index in [1.54, 1.807) is 42.7 Å². The molecule has 5 rings (SSSR count). The van der Waals surface area contributed by atoms with Crippen molar-refractivity contribution in [3.05, 3.63) is 100.0 Å². The van der Waals surface area contributed by atoms with Crippen LogP contribution in [0.25, 0.3) is 10.9 Å². The Morgan fingerprint density at radius 3 is 2.42 bits per heavy atom. The number of thiocarbonyl (C=S) groups is 1. The number of aryl methyl sites for hydroxylation is 1. The fourth-order valence-electron chi connectivity index (χ4n) is 5.98.